The van der Waals surface area contributed by atoms with E-state index in [0.717, 1.165) is 49.9 Å². The molecule has 5 rings (SSSR count). The lowest BCUT2D eigenvalue weighted by Gasteiger charge is -2.62. The fourth-order valence-electron chi connectivity index (χ4n) is 9.82. The van der Waals surface area contributed by atoms with Crippen LogP contribution in [0.4, 0.5) is 0 Å². The molecule has 2 N–H and O–H groups in total. The van der Waals surface area contributed by atoms with Gasteiger partial charge in [0.2, 0.25) is 0 Å². The Morgan fingerprint density at radius 1 is 1.15 bits per heavy atom. The molecule has 0 saturated heterocycles. The second-order valence-corrected chi connectivity index (χ2v) is 13.1. The van der Waals surface area contributed by atoms with Crippen LogP contribution in [0.5, 0.6) is 0 Å². The summed E-state index contributed by atoms with van der Waals surface area (Å²) in [6.07, 6.45) is 17.3. The minimum atomic E-state index is -0.836. The summed E-state index contributed by atoms with van der Waals surface area (Å²) in [6, 6.07) is 2.15. The molecule has 188 valence electrons. The third-order valence-electron chi connectivity index (χ3n) is 11.1. The number of hydrogen-bond acceptors (Lipinski definition) is 4. The van der Waals surface area contributed by atoms with Crippen LogP contribution in [-0.2, 0) is 6.54 Å². The number of aliphatic hydroxyl groups is 2. The van der Waals surface area contributed by atoms with Crippen LogP contribution in [0.2, 0.25) is 0 Å². The number of fused-ring (bicyclic) bond motifs is 5. The summed E-state index contributed by atoms with van der Waals surface area (Å²) in [6.45, 7) is 7.16. The third-order valence-corrected chi connectivity index (χ3v) is 11.1. The number of nitriles is 1. The number of nitrogens with zero attached hydrogens (tertiary/aromatic N) is 3. The fourth-order valence-corrected chi connectivity index (χ4v) is 9.82. The maximum Gasteiger partial charge on any atom is 0.102 e. The molecule has 4 fully saturated rings. The summed E-state index contributed by atoms with van der Waals surface area (Å²) in [7, 11) is 0. The smallest absolute Gasteiger partial charge is 0.102 e. The van der Waals surface area contributed by atoms with E-state index in [1.54, 1.807) is 17.1 Å². The predicted molar refractivity (Wildman–Crippen MR) is 133 cm³/mol. The standard InChI is InChI=1S/C29H45N3O2/c1-4-12-29(34)14-11-22-21(15-29)8-9-24-23(22)10-13-27(2)25(24)6-5-7-26(27)28(3,33)19-32-18-20(16-30)17-31-32/h17-18,21-26,33-34H,4-15,19H2,1-3H3/t21-,22-,23+,24+,25-,26-,27-,28-,29+/m0/s1. The van der Waals surface area contributed by atoms with E-state index in [0.29, 0.717) is 23.9 Å². The summed E-state index contributed by atoms with van der Waals surface area (Å²) in [5.41, 5.74) is -0.520. The van der Waals surface area contributed by atoms with Gasteiger partial charge in [-0.15, -0.1) is 0 Å². The third kappa shape index (κ3) is 4.13. The zero-order chi connectivity index (χ0) is 24.1. The Morgan fingerprint density at radius 2 is 1.94 bits per heavy atom. The molecule has 4 aliphatic carbocycles. The van der Waals surface area contributed by atoms with Gasteiger partial charge in [-0.2, -0.15) is 10.4 Å². The normalized spacial score (nSPS) is 43.6. The Bertz CT molecular complexity index is 919. The molecule has 9 atom stereocenters. The van der Waals surface area contributed by atoms with Crippen molar-refractivity contribution in [2.24, 2.45) is 40.9 Å². The zero-order valence-electron chi connectivity index (χ0n) is 21.5. The van der Waals surface area contributed by atoms with Crippen LogP contribution in [0.15, 0.2) is 12.4 Å². The van der Waals surface area contributed by atoms with Crippen molar-refractivity contribution in [2.45, 2.75) is 116 Å². The molecular formula is C29H45N3O2. The average molecular weight is 468 g/mol. The highest BCUT2D eigenvalue weighted by atomic mass is 16.3. The van der Waals surface area contributed by atoms with Gasteiger partial charge in [-0.05, 0) is 112 Å². The molecular weight excluding hydrogens is 422 g/mol. The van der Waals surface area contributed by atoms with Crippen molar-refractivity contribution in [3.63, 3.8) is 0 Å². The van der Waals surface area contributed by atoms with Gasteiger partial charge in [0.25, 0.3) is 0 Å². The summed E-state index contributed by atoms with van der Waals surface area (Å²) >= 11 is 0. The first-order valence-corrected chi connectivity index (χ1v) is 14.1. The van der Waals surface area contributed by atoms with Crippen molar-refractivity contribution >= 4 is 0 Å². The van der Waals surface area contributed by atoms with Gasteiger partial charge in [0, 0.05) is 6.20 Å². The first-order chi connectivity index (χ1) is 16.2. The summed E-state index contributed by atoms with van der Waals surface area (Å²) < 4.78 is 1.77. The Balaban J connectivity index is 1.33. The van der Waals surface area contributed by atoms with Gasteiger partial charge in [0.05, 0.1) is 29.5 Å². The van der Waals surface area contributed by atoms with Crippen LogP contribution in [0.3, 0.4) is 0 Å². The molecule has 0 amide bonds. The molecule has 4 saturated carbocycles. The monoisotopic (exact) mass is 467 g/mol. The highest BCUT2D eigenvalue weighted by Gasteiger charge is 2.59. The van der Waals surface area contributed by atoms with Crippen LogP contribution in [0.25, 0.3) is 0 Å². The molecule has 5 heteroatoms. The molecule has 0 aromatic carbocycles. The Hall–Kier alpha value is -1.38. The maximum absolute atomic E-state index is 11.8. The molecule has 0 aliphatic heterocycles. The molecule has 4 aliphatic rings. The van der Waals surface area contributed by atoms with E-state index in [2.05, 4.69) is 25.0 Å². The highest BCUT2D eigenvalue weighted by Crippen LogP contribution is 2.64. The Labute approximate surface area is 205 Å². The lowest BCUT2D eigenvalue weighted by molar-refractivity contribution is -0.171. The van der Waals surface area contributed by atoms with Crippen molar-refractivity contribution in [2.75, 3.05) is 0 Å². The van der Waals surface area contributed by atoms with Crippen LogP contribution in [0.1, 0.15) is 103 Å². The molecule has 1 heterocycles. The maximum atomic E-state index is 11.8. The van der Waals surface area contributed by atoms with E-state index >= 15 is 0 Å². The largest absolute Gasteiger partial charge is 0.390 e. The highest BCUT2D eigenvalue weighted by molar-refractivity contribution is 5.21. The van der Waals surface area contributed by atoms with E-state index in [1.165, 1.54) is 44.9 Å². The average Bonchev–Trinajstić information content (AvgIpc) is 3.24. The van der Waals surface area contributed by atoms with E-state index in [9.17, 15) is 10.2 Å². The first-order valence-electron chi connectivity index (χ1n) is 14.1. The SMILES string of the molecule is CCC[C@@]1(O)CC[C@H]2[C@@H](CC[C@@H]3[C@@H]2CC[C@@]2(C)[C@H]3CCC[C@@H]2[C@@](C)(O)Cn2cc(C#N)cn2)C1. The van der Waals surface area contributed by atoms with Crippen molar-refractivity contribution < 1.29 is 10.2 Å². The molecule has 1 aromatic rings. The van der Waals surface area contributed by atoms with Crippen LogP contribution >= 0.6 is 0 Å². The molecule has 0 bridgehead atoms. The predicted octanol–water partition coefficient (Wildman–Crippen LogP) is 5.70. The molecule has 0 spiro atoms. The zero-order valence-corrected chi connectivity index (χ0v) is 21.5. The molecule has 0 radical (unpaired) electrons. The lowest BCUT2D eigenvalue weighted by Crippen LogP contribution is -2.58. The minimum Gasteiger partial charge on any atom is -0.390 e. The molecule has 0 unspecified atom stereocenters. The van der Waals surface area contributed by atoms with E-state index < -0.39 is 11.2 Å². The van der Waals surface area contributed by atoms with Gasteiger partial charge in [0.1, 0.15) is 6.07 Å². The quantitative estimate of drug-likeness (QED) is 0.582. The van der Waals surface area contributed by atoms with E-state index in [4.69, 9.17) is 5.26 Å². The number of rotatable bonds is 5. The summed E-state index contributed by atoms with van der Waals surface area (Å²) in [4.78, 5) is 0. The van der Waals surface area contributed by atoms with Crippen molar-refractivity contribution in [3.8, 4) is 6.07 Å². The molecule has 1 aromatic heterocycles. The second-order valence-electron chi connectivity index (χ2n) is 13.1. The van der Waals surface area contributed by atoms with Crippen molar-refractivity contribution in [3.05, 3.63) is 18.0 Å². The van der Waals surface area contributed by atoms with Gasteiger partial charge in [-0.1, -0.05) is 26.7 Å². The van der Waals surface area contributed by atoms with Gasteiger partial charge >= 0.3 is 0 Å². The minimum absolute atomic E-state index is 0.165. The van der Waals surface area contributed by atoms with Crippen LogP contribution < -0.4 is 0 Å². The first kappa shape index (κ1) is 24.3. The Morgan fingerprint density at radius 3 is 2.68 bits per heavy atom. The Kier molecular flexibility index (Phi) is 6.39. The van der Waals surface area contributed by atoms with E-state index in [1.807, 2.05) is 6.92 Å². The fraction of sp³-hybridized carbons (Fsp3) is 0.862. The molecule has 34 heavy (non-hydrogen) atoms. The number of aromatic nitrogens is 2. The topological polar surface area (TPSA) is 82.1 Å². The molecule has 5 nitrogen and oxygen atoms in total. The van der Waals surface area contributed by atoms with E-state index in [-0.39, 0.29) is 11.3 Å². The van der Waals surface area contributed by atoms with Gasteiger partial charge < -0.3 is 10.2 Å². The van der Waals surface area contributed by atoms with Gasteiger partial charge in [0.15, 0.2) is 0 Å². The van der Waals surface area contributed by atoms with Crippen molar-refractivity contribution in [1.82, 2.24) is 9.78 Å². The van der Waals surface area contributed by atoms with Crippen LogP contribution in [0, 0.1) is 52.3 Å². The second kappa shape index (κ2) is 8.93. The summed E-state index contributed by atoms with van der Waals surface area (Å²) in [5.74, 6) is 4.07. The van der Waals surface area contributed by atoms with Crippen molar-refractivity contribution in [1.29, 1.82) is 5.26 Å². The van der Waals surface area contributed by atoms with Gasteiger partial charge in [-0.3, -0.25) is 4.68 Å². The summed E-state index contributed by atoms with van der Waals surface area (Å²) in [5, 5.41) is 36.4. The lowest BCUT2D eigenvalue weighted by atomic mass is 9.43. The number of hydrogen-bond donors (Lipinski definition) is 2. The van der Waals surface area contributed by atoms with Crippen LogP contribution in [-0.4, -0.2) is 31.2 Å². The van der Waals surface area contributed by atoms with Gasteiger partial charge in [-0.25, -0.2) is 0 Å².